The minimum atomic E-state index is -4.80. The first-order chi connectivity index (χ1) is 18.7. The molecule has 1 saturated carbocycles. The van der Waals surface area contributed by atoms with E-state index in [1.165, 1.54) is 30.3 Å². The van der Waals surface area contributed by atoms with E-state index in [4.69, 9.17) is 0 Å². The van der Waals surface area contributed by atoms with Crippen LogP contribution in [0.5, 0.6) is 0 Å². The molecule has 0 radical (unpaired) electrons. The van der Waals surface area contributed by atoms with Gasteiger partial charge in [-0.25, -0.2) is 4.39 Å². The summed E-state index contributed by atoms with van der Waals surface area (Å²) in [5.41, 5.74) is 1.72. The Morgan fingerprint density at radius 1 is 1.05 bits per heavy atom. The zero-order chi connectivity index (χ0) is 27.6. The van der Waals surface area contributed by atoms with E-state index in [1.807, 2.05) is 12.1 Å². The molecule has 2 aliphatic rings. The van der Waals surface area contributed by atoms with Gasteiger partial charge in [-0.15, -0.1) is 13.2 Å². The number of carbonyl (C=O) groups excluding carboxylic acids is 1. The van der Waals surface area contributed by atoms with Crippen molar-refractivity contribution in [1.29, 1.82) is 5.26 Å². The number of hydrogen-bond donors (Lipinski definition) is 2. The topological polar surface area (TPSA) is 71.4 Å². The molecular formula is C29H25F4N5O. The smallest absolute Gasteiger partial charge is 0.324 e. The molecule has 0 saturated heterocycles. The van der Waals surface area contributed by atoms with Gasteiger partial charge in [0.25, 0.3) is 5.91 Å². The van der Waals surface area contributed by atoms with Crippen LogP contribution in [0.4, 0.5) is 28.9 Å². The van der Waals surface area contributed by atoms with Gasteiger partial charge in [-0.1, -0.05) is 36.4 Å². The number of carbonyl (C=O) groups is 1. The van der Waals surface area contributed by atoms with Crippen LogP contribution in [-0.2, 0) is 4.79 Å². The van der Waals surface area contributed by atoms with E-state index in [1.54, 1.807) is 36.4 Å². The van der Waals surface area contributed by atoms with Crippen LogP contribution >= 0.6 is 0 Å². The maximum Gasteiger partial charge on any atom is 0.502 e. The van der Waals surface area contributed by atoms with Crippen molar-refractivity contribution in [3.8, 4) is 6.07 Å². The fourth-order valence-corrected chi connectivity index (χ4v) is 4.59. The molecular weight excluding hydrogens is 510 g/mol. The van der Waals surface area contributed by atoms with Crippen LogP contribution in [0, 0.1) is 23.1 Å². The number of benzene rings is 3. The first-order valence-electron chi connectivity index (χ1n) is 12.5. The molecule has 1 heterocycles. The van der Waals surface area contributed by atoms with Crippen LogP contribution in [0.1, 0.15) is 35.6 Å². The lowest BCUT2D eigenvalue weighted by Gasteiger charge is -2.35. The zero-order valence-electron chi connectivity index (χ0n) is 20.7. The number of amides is 1. The second-order valence-corrected chi connectivity index (χ2v) is 9.53. The third-order valence-corrected chi connectivity index (χ3v) is 6.68. The average Bonchev–Trinajstić information content (AvgIpc) is 3.63. The Morgan fingerprint density at radius 2 is 1.82 bits per heavy atom. The number of halogens is 4. The fourth-order valence-electron chi connectivity index (χ4n) is 4.59. The Balaban J connectivity index is 1.41. The molecule has 3 aromatic rings. The number of nitrogens with one attached hydrogen (secondary N) is 2. The molecule has 1 aliphatic carbocycles. The first kappa shape index (κ1) is 26.3. The minimum absolute atomic E-state index is 0.0141. The van der Waals surface area contributed by atoms with Crippen molar-refractivity contribution in [2.45, 2.75) is 31.2 Å². The molecule has 3 aromatic carbocycles. The van der Waals surface area contributed by atoms with Crippen molar-refractivity contribution in [2.24, 2.45) is 5.92 Å². The number of alkyl halides is 3. The van der Waals surface area contributed by atoms with Gasteiger partial charge in [-0.3, -0.25) is 9.80 Å². The third kappa shape index (κ3) is 5.89. The van der Waals surface area contributed by atoms with Crippen LogP contribution in [0.2, 0.25) is 0 Å². The molecule has 1 fully saturated rings. The second-order valence-electron chi connectivity index (χ2n) is 9.53. The molecule has 0 bridgehead atoms. The summed E-state index contributed by atoms with van der Waals surface area (Å²) >= 11 is 0. The highest BCUT2D eigenvalue weighted by Crippen LogP contribution is 2.35. The fraction of sp³-hybridized carbons (Fsp3) is 0.241. The second kappa shape index (κ2) is 10.8. The highest BCUT2D eigenvalue weighted by atomic mass is 19.4. The summed E-state index contributed by atoms with van der Waals surface area (Å²) in [6.45, 7) is 0.715. The normalized spacial score (nSPS) is 17.7. The van der Waals surface area contributed by atoms with E-state index in [-0.39, 0.29) is 22.1 Å². The van der Waals surface area contributed by atoms with Crippen LogP contribution < -0.4 is 15.6 Å². The standard InChI is InChI=1S/C29H25F4N5O/c30-25-10-2-1-9-24(25)27(35-18-19-11-12-19)21-6-4-7-22(16-21)36-28(39)26-13-14-37(29(31,32)33)38(26)23-8-3-5-20(15-23)17-34/h1-10,13-16,19,26-27,35H,11-12,18H2,(H,36,39). The monoisotopic (exact) mass is 535 g/mol. The minimum Gasteiger partial charge on any atom is -0.324 e. The van der Waals surface area contributed by atoms with Gasteiger partial charge in [0.2, 0.25) is 0 Å². The molecule has 2 N–H and O–H groups in total. The van der Waals surface area contributed by atoms with Crippen LogP contribution in [0.15, 0.2) is 85.1 Å². The Morgan fingerprint density at radius 3 is 2.54 bits per heavy atom. The van der Waals surface area contributed by atoms with Gasteiger partial charge >= 0.3 is 6.30 Å². The summed E-state index contributed by atoms with van der Waals surface area (Å²) < 4.78 is 56.2. The lowest BCUT2D eigenvalue weighted by atomic mass is 9.97. The Kier molecular flexibility index (Phi) is 7.26. The average molecular weight is 536 g/mol. The Bertz CT molecular complexity index is 1430. The molecule has 39 heavy (non-hydrogen) atoms. The lowest BCUT2D eigenvalue weighted by Crippen LogP contribution is -2.52. The van der Waals surface area contributed by atoms with Gasteiger partial charge in [0.15, 0.2) is 0 Å². The van der Waals surface area contributed by atoms with Gasteiger partial charge in [0.1, 0.15) is 11.9 Å². The molecule has 6 nitrogen and oxygen atoms in total. The maximum absolute atomic E-state index is 14.7. The summed E-state index contributed by atoms with van der Waals surface area (Å²) in [6, 6.07) is 19.0. The molecule has 200 valence electrons. The molecule has 0 aromatic heterocycles. The summed E-state index contributed by atoms with van der Waals surface area (Å²) in [7, 11) is 0. The molecule has 0 spiro atoms. The Labute approximate surface area is 223 Å². The van der Waals surface area contributed by atoms with Crippen LogP contribution in [-0.4, -0.2) is 29.8 Å². The van der Waals surface area contributed by atoms with E-state index < -0.39 is 24.3 Å². The molecule has 2 atom stereocenters. The molecule has 2 unspecified atom stereocenters. The number of anilines is 2. The molecule has 1 aliphatic heterocycles. The first-order valence-corrected chi connectivity index (χ1v) is 12.5. The van der Waals surface area contributed by atoms with Gasteiger partial charge in [-0.05, 0) is 73.3 Å². The van der Waals surface area contributed by atoms with Gasteiger partial charge in [-0.2, -0.15) is 10.3 Å². The third-order valence-electron chi connectivity index (χ3n) is 6.68. The number of hydrazine groups is 1. The summed E-state index contributed by atoms with van der Waals surface area (Å²) in [6.07, 6.45) is -0.634. The van der Waals surface area contributed by atoms with E-state index in [0.717, 1.165) is 30.1 Å². The van der Waals surface area contributed by atoms with E-state index in [2.05, 4.69) is 10.6 Å². The number of nitriles is 1. The van der Waals surface area contributed by atoms with Crippen molar-refractivity contribution in [2.75, 3.05) is 16.9 Å². The predicted molar refractivity (Wildman–Crippen MR) is 138 cm³/mol. The van der Waals surface area contributed by atoms with Gasteiger partial charge in [0.05, 0.1) is 23.4 Å². The van der Waals surface area contributed by atoms with Crippen LogP contribution in [0.3, 0.4) is 0 Å². The van der Waals surface area contributed by atoms with E-state index in [0.29, 0.717) is 29.3 Å². The highest BCUT2D eigenvalue weighted by molar-refractivity contribution is 5.98. The largest absolute Gasteiger partial charge is 0.502 e. The van der Waals surface area contributed by atoms with E-state index in [9.17, 15) is 27.6 Å². The molecule has 5 rings (SSSR count). The van der Waals surface area contributed by atoms with Crippen molar-refractivity contribution in [3.63, 3.8) is 0 Å². The van der Waals surface area contributed by atoms with Crippen molar-refractivity contribution >= 4 is 17.3 Å². The van der Waals surface area contributed by atoms with Crippen molar-refractivity contribution in [1.82, 2.24) is 10.3 Å². The number of nitrogens with zero attached hydrogens (tertiary/aromatic N) is 3. The van der Waals surface area contributed by atoms with Crippen LogP contribution in [0.25, 0.3) is 0 Å². The Hall–Kier alpha value is -4.36. The SMILES string of the molecule is N#Cc1cccc(N2C(C(=O)Nc3cccc(C(NCC4CC4)c4ccccc4F)c3)C=CN2C(F)(F)F)c1. The maximum atomic E-state index is 14.7. The number of hydrogen-bond acceptors (Lipinski definition) is 5. The lowest BCUT2D eigenvalue weighted by molar-refractivity contribution is -0.229. The summed E-state index contributed by atoms with van der Waals surface area (Å²) in [4.78, 5) is 13.3. The van der Waals surface area contributed by atoms with Gasteiger partial charge in [0, 0.05) is 17.5 Å². The zero-order valence-corrected chi connectivity index (χ0v) is 20.7. The van der Waals surface area contributed by atoms with Crippen molar-refractivity contribution < 1.29 is 22.4 Å². The summed E-state index contributed by atoms with van der Waals surface area (Å²) in [5.74, 6) is -0.525. The van der Waals surface area contributed by atoms with E-state index >= 15 is 0 Å². The molecule has 10 heteroatoms. The molecule has 1 amide bonds. The quantitative estimate of drug-likeness (QED) is 0.279. The predicted octanol–water partition coefficient (Wildman–Crippen LogP) is 5.86. The number of rotatable bonds is 8. The summed E-state index contributed by atoms with van der Waals surface area (Å²) in [5, 5.41) is 16.2. The van der Waals surface area contributed by atoms with Crippen molar-refractivity contribution in [3.05, 3.63) is 108 Å². The highest BCUT2D eigenvalue weighted by Gasteiger charge is 2.46. The van der Waals surface area contributed by atoms with Gasteiger partial charge < -0.3 is 10.6 Å².